The van der Waals surface area contributed by atoms with Crippen molar-refractivity contribution in [1.29, 1.82) is 0 Å². The topological polar surface area (TPSA) is 76.0 Å². The van der Waals surface area contributed by atoms with Crippen LogP contribution in [0.25, 0.3) is 0 Å². The van der Waals surface area contributed by atoms with E-state index in [0.717, 1.165) is 4.68 Å². The molecule has 1 heterocycles. The number of anilines is 2. The lowest BCUT2D eigenvalue weighted by Gasteiger charge is -2.06. The van der Waals surface area contributed by atoms with Crippen LogP contribution in [0.2, 0.25) is 0 Å². The number of alkyl halides is 2. The van der Waals surface area contributed by atoms with Gasteiger partial charge >= 0.3 is 6.03 Å². The van der Waals surface area contributed by atoms with E-state index in [2.05, 4.69) is 15.7 Å². The van der Waals surface area contributed by atoms with Crippen molar-refractivity contribution in [2.45, 2.75) is 19.9 Å². The van der Waals surface area contributed by atoms with Crippen LogP contribution in [0, 0.1) is 0 Å². The van der Waals surface area contributed by atoms with Gasteiger partial charge in [-0.3, -0.25) is 9.48 Å². The second kappa shape index (κ2) is 6.79. The van der Waals surface area contributed by atoms with Crippen LogP contribution in [-0.2, 0) is 6.54 Å². The van der Waals surface area contributed by atoms with E-state index in [-0.39, 0.29) is 5.78 Å². The van der Waals surface area contributed by atoms with Gasteiger partial charge in [0.1, 0.15) is 6.54 Å². The zero-order valence-corrected chi connectivity index (χ0v) is 11.7. The molecule has 116 valence electrons. The summed E-state index contributed by atoms with van der Waals surface area (Å²) in [6.07, 6.45) is 0.0574. The number of nitrogens with one attached hydrogen (secondary N) is 2. The van der Waals surface area contributed by atoms with Gasteiger partial charge in [-0.05, 0) is 19.1 Å². The fraction of sp³-hybridized carbons (Fsp3) is 0.214. The molecule has 0 saturated heterocycles. The number of rotatable bonds is 5. The van der Waals surface area contributed by atoms with E-state index < -0.39 is 19.0 Å². The number of amides is 2. The van der Waals surface area contributed by atoms with Crippen molar-refractivity contribution in [3.05, 3.63) is 42.2 Å². The van der Waals surface area contributed by atoms with Gasteiger partial charge in [-0.2, -0.15) is 5.10 Å². The molecule has 0 aliphatic rings. The Morgan fingerprint density at radius 3 is 2.68 bits per heavy atom. The van der Waals surface area contributed by atoms with Crippen molar-refractivity contribution in [3.8, 4) is 0 Å². The van der Waals surface area contributed by atoms with E-state index in [0.29, 0.717) is 16.9 Å². The summed E-state index contributed by atoms with van der Waals surface area (Å²) in [7, 11) is 0. The highest BCUT2D eigenvalue weighted by atomic mass is 19.3. The summed E-state index contributed by atoms with van der Waals surface area (Å²) in [5.74, 6) is -0.114. The Bertz CT molecular complexity index is 685. The predicted molar refractivity (Wildman–Crippen MR) is 77.3 cm³/mol. The van der Waals surface area contributed by atoms with Gasteiger partial charge in [0.15, 0.2) is 5.78 Å². The van der Waals surface area contributed by atoms with Gasteiger partial charge in [-0.1, -0.05) is 12.1 Å². The summed E-state index contributed by atoms with van der Waals surface area (Å²) >= 11 is 0. The minimum absolute atomic E-state index is 0.114. The monoisotopic (exact) mass is 308 g/mol. The van der Waals surface area contributed by atoms with E-state index in [9.17, 15) is 18.4 Å². The summed E-state index contributed by atoms with van der Waals surface area (Å²) in [4.78, 5) is 23.1. The fourth-order valence-corrected chi connectivity index (χ4v) is 1.78. The Labute approximate surface area is 125 Å². The van der Waals surface area contributed by atoms with E-state index in [1.54, 1.807) is 24.3 Å². The lowest BCUT2D eigenvalue weighted by atomic mass is 10.1. The predicted octanol–water partition coefficient (Wildman–Crippen LogP) is 2.99. The molecule has 1 aromatic carbocycles. The molecule has 0 spiro atoms. The van der Waals surface area contributed by atoms with E-state index in [1.165, 1.54) is 19.3 Å². The van der Waals surface area contributed by atoms with Gasteiger partial charge < -0.3 is 10.6 Å². The Morgan fingerprint density at radius 1 is 1.27 bits per heavy atom. The first-order valence-corrected chi connectivity index (χ1v) is 6.43. The molecule has 0 aliphatic heterocycles. The maximum atomic E-state index is 12.2. The zero-order valence-electron chi connectivity index (χ0n) is 11.7. The van der Waals surface area contributed by atoms with Crippen LogP contribution < -0.4 is 10.6 Å². The highest BCUT2D eigenvalue weighted by Crippen LogP contribution is 2.12. The molecule has 0 saturated carbocycles. The molecule has 0 unspecified atom stereocenters. The summed E-state index contributed by atoms with van der Waals surface area (Å²) in [5, 5.41) is 8.72. The van der Waals surface area contributed by atoms with Gasteiger partial charge in [-0.15, -0.1) is 0 Å². The number of benzene rings is 1. The van der Waals surface area contributed by atoms with Crippen molar-refractivity contribution in [1.82, 2.24) is 9.78 Å². The van der Waals surface area contributed by atoms with Crippen molar-refractivity contribution in [3.63, 3.8) is 0 Å². The first kappa shape index (κ1) is 15.6. The quantitative estimate of drug-likeness (QED) is 0.834. The number of carbonyl (C=O) groups is 2. The van der Waals surface area contributed by atoms with Crippen LogP contribution in [0.5, 0.6) is 0 Å². The van der Waals surface area contributed by atoms with Crippen molar-refractivity contribution in [2.75, 3.05) is 10.6 Å². The first-order valence-electron chi connectivity index (χ1n) is 6.43. The van der Waals surface area contributed by atoms with Crippen molar-refractivity contribution in [2.24, 2.45) is 0 Å². The molecule has 1 aromatic heterocycles. The van der Waals surface area contributed by atoms with Crippen LogP contribution in [-0.4, -0.2) is 28.0 Å². The molecule has 2 N–H and O–H groups in total. The normalized spacial score (nSPS) is 10.5. The molecule has 2 aromatic rings. The second-order valence-corrected chi connectivity index (χ2v) is 4.56. The van der Waals surface area contributed by atoms with Crippen LogP contribution in [0.4, 0.5) is 25.0 Å². The van der Waals surface area contributed by atoms with Gasteiger partial charge in [0, 0.05) is 17.4 Å². The number of carbonyl (C=O) groups excluding carboxylic acids is 2. The minimum Gasteiger partial charge on any atom is -0.308 e. The molecule has 2 amide bonds. The number of Topliss-reactive ketones (excluding diaryl/α,β-unsaturated/α-hetero) is 1. The average molecular weight is 308 g/mol. The summed E-state index contributed by atoms with van der Waals surface area (Å²) < 4.78 is 25.4. The summed E-state index contributed by atoms with van der Waals surface area (Å²) in [5.41, 5.74) is 1.22. The molecule has 6 nitrogen and oxygen atoms in total. The number of urea groups is 1. The number of hydrogen-bond acceptors (Lipinski definition) is 3. The van der Waals surface area contributed by atoms with Crippen LogP contribution in [0.1, 0.15) is 17.3 Å². The molecular formula is C14H14F2N4O2. The number of hydrogen-bond donors (Lipinski definition) is 2. The van der Waals surface area contributed by atoms with Gasteiger partial charge in [-0.25, -0.2) is 13.6 Å². The fourth-order valence-electron chi connectivity index (χ4n) is 1.78. The number of aromatic nitrogens is 2. The Kier molecular flexibility index (Phi) is 4.82. The van der Waals surface area contributed by atoms with E-state index >= 15 is 0 Å². The highest BCUT2D eigenvalue weighted by Gasteiger charge is 2.08. The lowest BCUT2D eigenvalue weighted by molar-refractivity contribution is 0.101. The average Bonchev–Trinajstić information content (AvgIpc) is 2.85. The SMILES string of the molecule is CC(=O)c1cccc(NC(=O)Nc2cnn(CC(F)F)c2)c1. The second-order valence-electron chi connectivity index (χ2n) is 4.56. The third-order valence-electron chi connectivity index (χ3n) is 2.74. The van der Waals surface area contributed by atoms with Crippen LogP contribution >= 0.6 is 0 Å². The molecular weight excluding hydrogens is 294 g/mol. The maximum Gasteiger partial charge on any atom is 0.323 e. The lowest BCUT2D eigenvalue weighted by Crippen LogP contribution is -2.19. The molecule has 0 radical (unpaired) electrons. The number of nitrogens with zero attached hydrogens (tertiary/aromatic N) is 2. The smallest absolute Gasteiger partial charge is 0.308 e. The van der Waals surface area contributed by atoms with Gasteiger partial charge in [0.25, 0.3) is 6.43 Å². The van der Waals surface area contributed by atoms with Crippen LogP contribution in [0.15, 0.2) is 36.7 Å². The first-order chi connectivity index (χ1) is 10.4. The molecule has 0 aliphatic carbocycles. The van der Waals surface area contributed by atoms with Gasteiger partial charge in [0.05, 0.1) is 11.9 Å². The Morgan fingerprint density at radius 2 is 2.00 bits per heavy atom. The van der Waals surface area contributed by atoms with Crippen molar-refractivity contribution < 1.29 is 18.4 Å². The zero-order chi connectivity index (χ0) is 16.1. The summed E-state index contributed by atoms with van der Waals surface area (Å²) in [6.45, 7) is 0.889. The van der Waals surface area contributed by atoms with Crippen molar-refractivity contribution >= 4 is 23.2 Å². The third-order valence-corrected chi connectivity index (χ3v) is 2.74. The Balaban J connectivity index is 1.96. The molecule has 0 fully saturated rings. The highest BCUT2D eigenvalue weighted by molar-refractivity contribution is 6.01. The molecule has 0 atom stereocenters. The minimum atomic E-state index is -2.52. The molecule has 22 heavy (non-hydrogen) atoms. The van der Waals surface area contributed by atoms with E-state index in [4.69, 9.17) is 0 Å². The molecule has 2 rings (SSSR count). The molecule has 0 bridgehead atoms. The Hall–Kier alpha value is -2.77. The van der Waals surface area contributed by atoms with Crippen LogP contribution in [0.3, 0.4) is 0 Å². The maximum absolute atomic E-state index is 12.2. The van der Waals surface area contributed by atoms with Gasteiger partial charge in [0.2, 0.25) is 0 Å². The largest absolute Gasteiger partial charge is 0.323 e. The van der Waals surface area contributed by atoms with E-state index in [1.807, 2.05) is 0 Å². The molecule has 8 heteroatoms. The number of ketones is 1. The number of halogens is 2. The standard InChI is InChI=1S/C14H14F2N4O2/c1-9(21)10-3-2-4-11(5-10)18-14(22)19-12-6-17-20(7-12)8-13(15)16/h2-7,13H,8H2,1H3,(H2,18,19,22). The third kappa shape index (κ3) is 4.37. The summed E-state index contributed by atoms with van der Waals surface area (Å²) in [6, 6.07) is 5.90.